The van der Waals surface area contributed by atoms with E-state index in [2.05, 4.69) is 42.7 Å². The third-order valence-electron chi connectivity index (χ3n) is 5.18. The molecule has 2 N–H and O–H groups in total. The van der Waals surface area contributed by atoms with Crippen molar-refractivity contribution in [2.45, 2.75) is 31.9 Å². The van der Waals surface area contributed by atoms with Crippen molar-refractivity contribution in [3.05, 3.63) is 54.2 Å². The molecule has 0 amide bonds. The van der Waals surface area contributed by atoms with Crippen LogP contribution in [0.25, 0.3) is 10.8 Å². The number of aliphatic imine (C=N–C) groups is 1. The topological polar surface area (TPSA) is 84.3 Å². The molecule has 0 radical (unpaired) electrons. The maximum absolute atomic E-state index is 5.81. The number of nitrogens with one attached hydrogen (secondary N) is 2. The first-order valence-electron chi connectivity index (χ1n) is 9.73. The van der Waals surface area contributed by atoms with Gasteiger partial charge in [0.15, 0.2) is 5.84 Å². The monoisotopic (exact) mass is 374 g/mol. The molecule has 2 aromatic heterocycles. The highest BCUT2D eigenvalue weighted by Crippen LogP contribution is 2.26. The van der Waals surface area contributed by atoms with Crippen LogP contribution in [0.2, 0.25) is 0 Å². The van der Waals surface area contributed by atoms with Gasteiger partial charge in [0.2, 0.25) is 0 Å². The van der Waals surface area contributed by atoms with Crippen LogP contribution in [-0.4, -0.2) is 40.0 Å². The molecular formula is C21H22N6O. The molecule has 1 aromatic carbocycles. The van der Waals surface area contributed by atoms with Crippen molar-refractivity contribution in [2.24, 2.45) is 4.99 Å². The SMILES string of the molecule is c1cnc2c(n1)CN=C2Nc1ccc2c(NCC3CCCCO3)nccc2c1. The van der Waals surface area contributed by atoms with Gasteiger partial charge in [0.05, 0.1) is 18.3 Å². The molecular weight excluding hydrogens is 352 g/mol. The molecule has 1 saturated heterocycles. The molecule has 2 aliphatic heterocycles. The second-order valence-corrected chi connectivity index (χ2v) is 7.11. The molecule has 0 aliphatic carbocycles. The van der Waals surface area contributed by atoms with Gasteiger partial charge in [-0.3, -0.25) is 9.98 Å². The van der Waals surface area contributed by atoms with Gasteiger partial charge in [0.25, 0.3) is 0 Å². The van der Waals surface area contributed by atoms with E-state index in [-0.39, 0.29) is 6.10 Å². The van der Waals surface area contributed by atoms with Crippen LogP contribution >= 0.6 is 0 Å². The number of aromatic nitrogens is 3. The van der Waals surface area contributed by atoms with Gasteiger partial charge in [-0.25, -0.2) is 9.97 Å². The first kappa shape index (κ1) is 17.1. The predicted molar refractivity (Wildman–Crippen MR) is 110 cm³/mol. The number of anilines is 2. The van der Waals surface area contributed by atoms with E-state index in [1.54, 1.807) is 12.4 Å². The average Bonchev–Trinajstić information content (AvgIpc) is 3.16. The van der Waals surface area contributed by atoms with E-state index in [1.807, 2.05) is 18.3 Å². The molecule has 0 spiro atoms. The van der Waals surface area contributed by atoms with Crippen molar-refractivity contribution in [1.82, 2.24) is 15.0 Å². The normalized spacial score (nSPS) is 18.6. The first-order valence-corrected chi connectivity index (χ1v) is 9.73. The van der Waals surface area contributed by atoms with Crippen molar-refractivity contribution < 1.29 is 4.74 Å². The summed E-state index contributed by atoms with van der Waals surface area (Å²) in [5, 5.41) is 9.05. The molecule has 7 heteroatoms. The van der Waals surface area contributed by atoms with Crippen LogP contribution < -0.4 is 10.6 Å². The van der Waals surface area contributed by atoms with Crippen molar-refractivity contribution in [2.75, 3.05) is 23.8 Å². The van der Waals surface area contributed by atoms with E-state index in [9.17, 15) is 0 Å². The van der Waals surface area contributed by atoms with Crippen LogP contribution in [0.1, 0.15) is 30.7 Å². The standard InChI is InChI=1S/C21H22N6O/c1-2-10-28-16(3-1)12-25-20-17-5-4-15(11-14(17)6-7-24-20)27-21-19-18(13-26-21)22-8-9-23-19/h4-9,11,16H,1-3,10,12-13H2,(H,24,25)(H,26,27). The third kappa shape index (κ3) is 3.41. The van der Waals surface area contributed by atoms with E-state index in [4.69, 9.17) is 4.74 Å². The van der Waals surface area contributed by atoms with Crippen molar-refractivity contribution in [3.63, 3.8) is 0 Å². The largest absolute Gasteiger partial charge is 0.376 e. The van der Waals surface area contributed by atoms with Crippen molar-refractivity contribution >= 4 is 28.1 Å². The van der Waals surface area contributed by atoms with Crippen molar-refractivity contribution in [3.8, 4) is 0 Å². The van der Waals surface area contributed by atoms with Crippen LogP contribution in [0.4, 0.5) is 11.5 Å². The summed E-state index contributed by atoms with van der Waals surface area (Å²) in [4.78, 5) is 17.8. The summed E-state index contributed by atoms with van der Waals surface area (Å²) in [5.41, 5.74) is 2.70. The molecule has 3 aromatic rings. The van der Waals surface area contributed by atoms with Gasteiger partial charge in [-0.15, -0.1) is 0 Å². The van der Waals surface area contributed by atoms with Crippen LogP contribution in [0.5, 0.6) is 0 Å². The van der Waals surface area contributed by atoms with Gasteiger partial charge in [-0.2, -0.15) is 0 Å². The van der Waals surface area contributed by atoms with Gasteiger partial charge in [0, 0.05) is 42.8 Å². The zero-order valence-corrected chi connectivity index (χ0v) is 15.6. The summed E-state index contributed by atoms with van der Waals surface area (Å²) >= 11 is 0. The number of pyridine rings is 1. The minimum atomic E-state index is 0.272. The summed E-state index contributed by atoms with van der Waals surface area (Å²) in [6.45, 7) is 2.22. The summed E-state index contributed by atoms with van der Waals surface area (Å²) in [6.07, 6.45) is 9.02. The first-order chi connectivity index (χ1) is 13.9. The van der Waals surface area contributed by atoms with E-state index >= 15 is 0 Å². The Kier molecular flexibility index (Phi) is 4.58. The molecule has 1 unspecified atom stereocenters. The lowest BCUT2D eigenvalue weighted by Gasteiger charge is -2.23. The van der Waals surface area contributed by atoms with Crippen LogP contribution in [0.3, 0.4) is 0 Å². The van der Waals surface area contributed by atoms with Crippen LogP contribution in [0, 0.1) is 0 Å². The number of benzene rings is 1. The van der Waals surface area contributed by atoms with Crippen LogP contribution in [0.15, 0.2) is 47.8 Å². The lowest BCUT2D eigenvalue weighted by atomic mass is 10.1. The number of hydrogen-bond acceptors (Lipinski definition) is 7. The molecule has 4 heterocycles. The van der Waals surface area contributed by atoms with Gasteiger partial charge in [0.1, 0.15) is 11.5 Å². The van der Waals surface area contributed by atoms with Gasteiger partial charge >= 0.3 is 0 Å². The van der Waals surface area contributed by atoms with E-state index in [0.717, 1.165) is 59.1 Å². The maximum Gasteiger partial charge on any atom is 0.154 e. The molecule has 5 rings (SSSR count). The Balaban J connectivity index is 1.34. The van der Waals surface area contributed by atoms with Gasteiger partial charge < -0.3 is 15.4 Å². The Morgan fingerprint density at radius 2 is 2.00 bits per heavy atom. The zero-order chi connectivity index (χ0) is 18.8. The molecule has 1 fully saturated rings. The Morgan fingerprint density at radius 1 is 1.04 bits per heavy atom. The fourth-order valence-corrected chi connectivity index (χ4v) is 3.72. The molecule has 7 nitrogen and oxygen atoms in total. The molecule has 28 heavy (non-hydrogen) atoms. The predicted octanol–water partition coefficient (Wildman–Crippen LogP) is 3.38. The van der Waals surface area contributed by atoms with E-state index in [0.29, 0.717) is 6.54 Å². The third-order valence-corrected chi connectivity index (χ3v) is 5.18. The quantitative estimate of drug-likeness (QED) is 0.728. The number of hydrogen-bond donors (Lipinski definition) is 2. The lowest BCUT2D eigenvalue weighted by Crippen LogP contribution is -2.27. The second kappa shape index (κ2) is 7.52. The van der Waals surface area contributed by atoms with Crippen molar-refractivity contribution in [1.29, 1.82) is 0 Å². The number of nitrogens with zero attached hydrogens (tertiary/aromatic N) is 4. The number of rotatable bonds is 4. The Hall–Kier alpha value is -3.06. The summed E-state index contributed by atoms with van der Waals surface area (Å²) in [7, 11) is 0. The van der Waals surface area contributed by atoms with Gasteiger partial charge in [-0.1, -0.05) is 0 Å². The fourth-order valence-electron chi connectivity index (χ4n) is 3.72. The molecule has 2 aliphatic rings. The van der Waals surface area contributed by atoms with E-state index < -0.39 is 0 Å². The molecule has 142 valence electrons. The minimum absolute atomic E-state index is 0.272. The smallest absolute Gasteiger partial charge is 0.154 e. The lowest BCUT2D eigenvalue weighted by molar-refractivity contribution is 0.0247. The zero-order valence-electron chi connectivity index (χ0n) is 15.6. The van der Waals surface area contributed by atoms with Crippen LogP contribution in [-0.2, 0) is 11.3 Å². The highest BCUT2D eigenvalue weighted by atomic mass is 16.5. The second-order valence-electron chi connectivity index (χ2n) is 7.11. The fraction of sp³-hybridized carbons (Fsp3) is 0.333. The number of fused-ring (bicyclic) bond motifs is 2. The molecule has 1 atom stereocenters. The highest BCUT2D eigenvalue weighted by Gasteiger charge is 2.18. The highest BCUT2D eigenvalue weighted by molar-refractivity contribution is 6.09. The maximum atomic E-state index is 5.81. The number of ether oxygens (including phenoxy) is 1. The Bertz CT molecular complexity index is 1030. The Morgan fingerprint density at radius 3 is 2.93 bits per heavy atom. The molecule has 0 saturated carbocycles. The van der Waals surface area contributed by atoms with E-state index in [1.165, 1.54) is 12.8 Å². The Labute approximate surface area is 163 Å². The minimum Gasteiger partial charge on any atom is -0.376 e. The summed E-state index contributed by atoms with van der Waals surface area (Å²) in [5.74, 6) is 1.66. The summed E-state index contributed by atoms with van der Waals surface area (Å²) in [6, 6.07) is 8.26. The molecule has 0 bridgehead atoms. The summed E-state index contributed by atoms with van der Waals surface area (Å²) < 4.78 is 5.81. The average molecular weight is 374 g/mol. The van der Waals surface area contributed by atoms with Gasteiger partial charge in [-0.05, 0) is 48.9 Å². The number of amidine groups is 1.